The first kappa shape index (κ1) is 35.3. The summed E-state index contributed by atoms with van der Waals surface area (Å²) in [6.45, 7) is 1.67. The zero-order chi connectivity index (χ0) is 32.8. The van der Waals surface area contributed by atoms with Crippen LogP contribution in [0.25, 0.3) is 10.9 Å². The number of hydrogen-bond donors (Lipinski definition) is 11. The Morgan fingerprint density at radius 2 is 1.45 bits per heavy atom. The molecule has 1 aromatic carbocycles. The van der Waals surface area contributed by atoms with Crippen molar-refractivity contribution in [1.82, 2.24) is 20.9 Å². The van der Waals surface area contributed by atoms with Crippen LogP contribution in [0.5, 0.6) is 0 Å². The molecule has 1 heterocycles. The molecule has 16 N–H and O–H groups in total. The van der Waals surface area contributed by atoms with Gasteiger partial charge in [-0.25, -0.2) is 4.79 Å². The summed E-state index contributed by atoms with van der Waals surface area (Å²) in [6, 6.07) is 2.27. The Balaban J connectivity index is 2.21. The van der Waals surface area contributed by atoms with E-state index in [1.54, 1.807) is 6.20 Å². The fourth-order valence-corrected chi connectivity index (χ4v) is 4.34. The summed E-state index contributed by atoms with van der Waals surface area (Å²) < 4.78 is 0. The number of aromatic amines is 1. The second-order valence-corrected chi connectivity index (χ2v) is 10.3. The molecular weight excluding hydrogens is 574 g/mol. The summed E-state index contributed by atoms with van der Waals surface area (Å²) in [4.78, 5) is 62.1. The van der Waals surface area contributed by atoms with Crippen LogP contribution in [0.15, 0.2) is 40.4 Å². The van der Waals surface area contributed by atoms with Crippen LogP contribution in [0.3, 0.4) is 0 Å². The van der Waals surface area contributed by atoms with Gasteiger partial charge in [0.1, 0.15) is 18.1 Å². The first-order valence-corrected chi connectivity index (χ1v) is 14.0. The molecule has 0 aliphatic carbocycles. The average molecular weight is 618 g/mol. The number of para-hydroxylation sites is 1. The SMILES string of the molecule is CC(O)C(NC(=O)C(Cc1c[nH]c2ccccc12)NC(=O)C(N)CCCN=C(N)N)C(=O)NC(CCCN=C(N)N)C(=O)O. The van der Waals surface area contributed by atoms with Crippen molar-refractivity contribution >= 4 is 46.5 Å². The molecule has 5 unspecified atom stereocenters. The first-order valence-electron chi connectivity index (χ1n) is 14.0. The molecule has 0 bridgehead atoms. The number of fused-ring (bicyclic) bond motifs is 1. The van der Waals surface area contributed by atoms with E-state index in [0.717, 1.165) is 10.9 Å². The predicted molar refractivity (Wildman–Crippen MR) is 165 cm³/mol. The number of aromatic nitrogens is 1. The van der Waals surface area contributed by atoms with Crippen LogP contribution in [0.2, 0.25) is 0 Å². The molecule has 17 heteroatoms. The van der Waals surface area contributed by atoms with E-state index < -0.39 is 54.0 Å². The third-order valence-electron chi connectivity index (χ3n) is 6.66. The monoisotopic (exact) mass is 617 g/mol. The largest absolute Gasteiger partial charge is 0.480 e. The zero-order valence-electron chi connectivity index (χ0n) is 24.5. The third-order valence-corrected chi connectivity index (χ3v) is 6.66. The minimum absolute atomic E-state index is 0.0129. The summed E-state index contributed by atoms with van der Waals surface area (Å²) in [5, 5.41) is 28.2. The Labute approximate surface area is 254 Å². The molecule has 44 heavy (non-hydrogen) atoms. The van der Waals surface area contributed by atoms with Gasteiger partial charge < -0.3 is 59.8 Å². The maximum absolute atomic E-state index is 13.5. The maximum atomic E-state index is 13.5. The number of aliphatic carboxylic acids is 1. The molecule has 3 amide bonds. The van der Waals surface area contributed by atoms with Gasteiger partial charge >= 0.3 is 5.97 Å². The first-order chi connectivity index (χ1) is 20.8. The number of amides is 3. The minimum Gasteiger partial charge on any atom is -0.480 e. The van der Waals surface area contributed by atoms with E-state index >= 15 is 0 Å². The number of aliphatic hydroxyl groups excluding tert-OH is 1. The third kappa shape index (κ3) is 11.4. The molecule has 1 aromatic heterocycles. The highest BCUT2D eigenvalue weighted by Crippen LogP contribution is 2.19. The fraction of sp³-hybridized carbons (Fsp3) is 0.481. The molecule has 0 radical (unpaired) electrons. The van der Waals surface area contributed by atoms with Crippen molar-refractivity contribution < 1.29 is 29.4 Å². The molecule has 0 aliphatic rings. The van der Waals surface area contributed by atoms with Gasteiger partial charge in [-0.1, -0.05) is 18.2 Å². The van der Waals surface area contributed by atoms with Crippen molar-refractivity contribution in [3.05, 3.63) is 36.0 Å². The number of nitrogens with two attached hydrogens (primary N) is 5. The molecule has 2 aromatic rings. The molecular formula is C27H43N11O6. The van der Waals surface area contributed by atoms with Gasteiger partial charge in [0.15, 0.2) is 11.9 Å². The van der Waals surface area contributed by atoms with Gasteiger partial charge in [0.05, 0.1) is 12.1 Å². The minimum atomic E-state index is -1.54. The number of aliphatic imine (C=N–C) groups is 2. The number of carbonyl (C=O) groups is 4. The van der Waals surface area contributed by atoms with E-state index in [9.17, 15) is 29.4 Å². The van der Waals surface area contributed by atoms with Gasteiger partial charge in [-0.3, -0.25) is 24.4 Å². The Hall–Kier alpha value is -4.90. The number of nitrogens with one attached hydrogen (secondary N) is 4. The quantitative estimate of drug-likeness (QED) is 0.0456. The van der Waals surface area contributed by atoms with Gasteiger partial charge in [0, 0.05) is 36.6 Å². The smallest absolute Gasteiger partial charge is 0.326 e. The molecule has 2 rings (SSSR count). The highest BCUT2D eigenvalue weighted by molar-refractivity contribution is 5.95. The van der Waals surface area contributed by atoms with Crippen LogP contribution in [0, 0.1) is 0 Å². The lowest BCUT2D eigenvalue weighted by Gasteiger charge is -2.26. The van der Waals surface area contributed by atoms with E-state index in [1.165, 1.54) is 6.92 Å². The normalized spacial score (nSPS) is 14.3. The number of nitrogens with zero attached hydrogens (tertiary/aromatic N) is 2. The van der Waals surface area contributed by atoms with Crippen LogP contribution >= 0.6 is 0 Å². The average Bonchev–Trinajstić information content (AvgIpc) is 3.36. The number of carbonyl (C=O) groups excluding carboxylic acids is 3. The van der Waals surface area contributed by atoms with Crippen molar-refractivity contribution in [2.45, 2.75) is 69.3 Å². The van der Waals surface area contributed by atoms with Crippen LogP contribution < -0.4 is 44.6 Å². The molecule has 17 nitrogen and oxygen atoms in total. The van der Waals surface area contributed by atoms with Gasteiger partial charge in [-0.2, -0.15) is 0 Å². The van der Waals surface area contributed by atoms with Crippen molar-refractivity contribution in [3.8, 4) is 0 Å². The van der Waals surface area contributed by atoms with Gasteiger partial charge in [-0.05, 0) is 44.2 Å². The molecule has 0 spiro atoms. The lowest BCUT2D eigenvalue weighted by Crippen LogP contribution is -2.60. The summed E-state index contributed by atoms with van der Waals surface area (Å²) in [5.41, 5.74) is 28.7. The Kier molecular flexibility index (Phi) is 13.9. The second-order valence-electron chi connectivity index (χ2n) is 10.3. The van der Waals surface area contributed by atoms with Crippen LogP contribution in [-0.2, 0) is 25.6 Å². The number of carboxylic acid groups (broad SMARTS) is 1. The van der Waals surface area contributed by atoms with E-state index in [1.807, 2.05) is 24.3 Å². The summed E-state index contributed by atoms with van der Waals surface area (Å²) in [6.07, 6.45) is 1.15. The second kappa shape index (κ2) is 17.3. The van der Waals surface area contributed by atoms with E-state index in [4.69, 9.17) is 28.7 Å². The molecule has 0 saturated heterocycles. The number of carboxylic acids is 1. The van der Waals surface area contributed by atoms with E-state index in [0.29, 0.717) is 12.0 Å². The van der Waals surface area contributed by atoms with Crippen molar-refractivity contribution in [1.29, 1.82) is 0 Å². The number of hydrogen-bond acceptors (Lipinski definition) is 8. The highest BCUT2D eigenvalue weighted by Gasteiger charge is 2.33. The zero-order valence-corrected chi connectivity index (χ0v) is 24.5. The molecule has 242 valence electrons. The molecule has 0 aliphatic heterocycles. The fourth-order valence-electron chi connectivity index (χ4n) is 4.34. The lowest BCUT2D eigenvalue weighted by atomic mass is 10.0. The predicted octanol–water partition coefficient (Wildman–Crippen LogP) is -2.94. The van der Waals surface area contributed by atoms with Crippen molar-refractivity contribution in [3.63, 3.8) is 0 Å². The standard InChI is InChI=1S/C27H43N11O6/c1-14(39)21(24(42)36-19(25(43)44)9-5-11-34-27(31)32)38-23(41)20(12-15-13-35-18-8-3-2-6-16(15)18)37-22(40)17(28)7-4-10-33-26(29)30/h2-3,6,8,13-14,17,19-21,35,39H,4-5,7,9-12,28H2,1H3,(H,36,42)(H,37,40)(H,38,41)(H,43,44)(H4,29,30,33)(H4,31,32,34). The lowest BCUT2D eigenvalue weighted by molar-refractivity contribution is -0.143. The summed E-state index contributed by atoms with van der Waals surface area (Å²) >= 11 is 0. The number of guanidine groups is 2. The van der Waals surface area contributed by atoms with Crippen LogP contribution in [0.4, 0.5) is 0 Å². The van der Waals surface area contributed by atoms with Gasteiger partial charge in [-0.15, -0.1) is 0 Å². The number of aliphatic hydroxyl groups is 1. The van der Waals surface area contributed by atoms with Crippen LogP contribution in [-0.4, -0.2) is 94.2 Å². The summed E-state index contributed by atoms with van der Waals surface area (Å²) in [5.74, 6) is -3.92. The highest BCUT2D eigenvalue weighted by atomic mass is 16.4. The molecule has 0 fully saturated rings. The van der Waals surface area contributed by atoms with Crippen LogP contribution in [0.1, 0.15) is 38.2 Å². The number of H-pyrrole nitrogens is 1. The van der Waals surface area contributed by atoms with E-state index in [-0.39, 0.29) is 50.7 Å². The topological polar surface area (TPSA) is 315 Å². The molecule has 5 atom stereocenters. The van der Waals surface area contributed by atoms with Gasteiger partial charge in [0.2, 0.25) is 17.7 Å². The molecule has 0 saturated carbocycles. The van der Waals surface area contributed by atoms with Crippen molar-refractivity contribution in [2.75, 3.05) is 13.1 Å². The Bertz CT molecular complexity index is 1330. The van der Waals surface area contributed by atoms with E-state index in [2.05, 4.69) is 30.9 Å². The summed E-state index contributed by atoms with van der Waals surface area (Å²) in [7, 11) is 0. The Morgan fingerprint density at radius 1 is 0.864 bits per heavy atom. The maximum Gasteiger partial charge on any atom is 0.326 e. The number of rotatable bonds is 18. The Morgan fingerprint density at radius 3 is 2.05 bits per heavy atom. The number of benzene rings is 1. The van der Waals surface area contributed by atoms with Crippen molar-refractivity contribution in [2.24, 2.45) is 38.7 Å². The van der Waals surface area contributed by atoms with Gasteiger partial charge in [0.25, 0.3) is 0 Å².